The standard InChI is InChI=1S/C10H20N2O4/c1-3-4-7-12(2)10(16)11-6-5-8(13)9(14)15/h8,13H,3-7H2,1-2H3,(H,11,16)(H,14,15). The van der Waals surface area contributed by atoms with Crippen LogP contribution in [0.1, 0.15) is 26.2 Å². The number of carbonyl (C=O) groups is 2. The summed E-state index contributed by atoms with van der Waals surface area (Å²) in [5, 5.41) is 19.9. The maximum absolute atomic E-state index is 11.4. The maximum Gasteiger partial charge on any atom is 0.332 e. The monoisotopic (exact) mass is 232 g/mol. The summed E-state index contributed by atoms with van der Waals surface area (Å²) >= 11 is 0. The Balaban J connectivity index is 3.68. The van der Waals surface area contributed by atoms with Crippen LogP contribution in [-0.2, 0) is 4.79 Å². The Morgan fingerprint density at radius 1 is 1.44 bits per heavy atom. The highest BCUT2D eigenvalue weighted by molar-refractivity contribution is 5.74. The van der Waals surface area contributed by atoms with Gasteiger partial charge in [0.05, 0.1) is 0 Å². The molecule has 0 fully saturated rings. The maximum atomic E-state index is 11.4. The fraction of sp³-hybridized carbons (Fsp3) is 0.800. The van der Waals surface area contributed by atoms with Gasteiger partial charge in [0.25, 0.3) is 0 Å². The normalized spacial score (nSPS) is 11.9. The number of rotatable bonds is 7. The lowest BCUT2D eigenvalue weighted by atomic mass is 10.2. The van der Waals surface area contributed by atoms with Crippen molar-refractivity contribution in [3.05, 3.63) is 0 Å². The number of nitrogens with one attached hydrogen (secondary N) is 1. The molecular weight excluding hydrogens is 212 g/mol. The second kappa shape index (κ2) is 7.92. The van der Waals surface area contributed by atoms with E-state index in [2.05, 4.69) is 5.32 Å². The van der Waals surface area contributed by atoms with E-state index >= 15 is 0 Å². The van der Waals surface area contributed by atoms with Gasteiger partial charge in [0.2, 0.25) is 0 Å². The summed E-state index contributed by atoms with van der Waals surface area (Å²) in [6.07, 6.45) is 0.543. The minimum absolute atomic E-state index is 0.0166. The molecule has 0 saturated heterocycles. The van der Waals surface area contributed by atoms with Gasteiger partial charge in [-0.2, -0.15) is 0 Å². The van der Waals surface area contributed by atoms with E-state index in [1.165, 1.54) is 4.90 Å². The lowest BCUT2D eigenvalue weighted by molar-refractivity contribution is -0.146. The third-order valence-corrected chi connectivity index (χ3v) is 2.17. The molecule has 0 aromatic rings. The molecule has 2 amide bonds. The summed E-state index contributed by atoms with van der Waals surface area (Å²) in [5.74, 6) is -1.27. The SMILES string of the molecule is CCCCN(C)C(=O)NCCC(O)C(=O)O. The highest BCUT2D eigenvalue weighted by Crippen LogP contribution is 1.93. The number of aliphatic carboxylic acids is 1. The highest BCUT2D eigenvalue weighted by Gasteiger charge is 2.13. The van der Waals surface area contributed by atoms with Crippen molar-refractivity contribution in [2.24, 2.45) is 0 Å². The number of carboxylic acids is 1. The molecule has 1 atom stereocenters. The van der Waals surface area contributed by atoms with E-state index in [1.807, 2.05) is 6.92 Å². The van der Waals surface area contributed by atoms with Crippen molar-refractivity contribution in [2.45, 2.75) is 32.3 Å². The first-order valence-corrected chi connectivity index (χ1v) is 5.38. The Morgan fingerprint density at radius 2 is 2.06 bits per heavy atom. The number of aliphatic hydroxyl groups excluding tert-OH is 1. The zero-order chi connectivity index (χ0) is 12.6. The van der Waals surface area contributed by atoms with E-state index in [0.717, 1.165) is 12.8 Å². The zero-order valence-corrected chi connectivity index (χ0v) is 9.77. The number of carbonyl (C=O) groups excluding carboxylic acids is 1. The van der Waals surface area contributed by atoms with Crippen molar-refractivity contribution in [3.63, 3.8) is 0 Å². The third-order valence-electron chi connectivity index (χ3n) is 2.17. The van der Waals surface area contributed by atoms with Crippen molar-refractivity contribution in [3.8, 4) is 0 Å². The molecule has 0 aliphatic rings. The Labute approximate surface area is 95.2 Å². The zero-order valence-electron chi connectivity index (χ0n) is 9.77. The predicted octanol–water partition coefficient (Wildman–Crippen LogP) is 0.263. The first-order valence-electron chi connectivity index (χ1n) is 5.38. The number of hydrogen-bond acceptors (Lipinski definition) is 3. The molecule has 0 bridgehead atoms. The molecule has 0 radical (unpaired) electrons. The second-order valence-electron chi connectivity index (χ2n) is 3.65. The molecule has 0 rings (SSSR count). The molecule has 0 aliphatic heterocycles. The van der Waals surface area contributed by atoms with Crippen LogP contribution < -0.4 is 5.32 Å². The van der Waals surface area contributed by atoms with Crippen LogP contribution in [0.3, 0.4) is 0 Å². The highest BCUT2D eigenvalue weighted by atomic mass is 16.4. The molecule has 0 spiro atoms. The number of unbranched alkanes of at least 4 members (excludes halogenated alkanes) is 1. The Morgan fingerprint density at radius 3 is 2.56 bits per heavy atom. The topological polar surface area (TPSA) is 89.9 Å². The van der Waals surface area contributed by atoms with Crippen LogP contribution >= 0.6 is 0 Å². The van der Waals surface area contributed by atoms with Crippen LogP contribution in [0.5, 0.6) is 0 Å². The van der Waals surface area contributed by atoms with Crippen molar-refractivity contribution in [1.29, 1.82) is 0 Å². The molecule has 0 aromatic heterocycles. The molecule has 0 aliphatic carbocycles. The Bertz CT molecular complexity index is 233. The smallest absolute Gasteiger partial charge is 0.332 e. The van der Waals surface area contributed by atoms with Crippen LogP contribution in [0, 0.1) is 0 Å². The van der Waals surface area contributed by atoms with E-state index in [-0.39, 0.29) is 19.0 Å². The summed E-state index contributed by atoms with van der Waals surface area (Å²) < 4.78 is 0. The summed E-state index contributed by atoms with van der Waals surface area (Å²) in [6.45, 7) is 2.86. The molecule has 6 nitrogen and oxygen atoms in total. The van der Waals surface area contributed by atoms with Crippen LogP contribution in [0.4, 0.5) is 4.79 Å². The fourth-order valence-corrected chi connectivity index (χ4v) is 1.07. The number of aliphatic hydroxyl groups is 1. The average molecular weight is 232 g/mol. The lowest BCUT2D eigenvalue weighted by Crippen LogP contribution is -2.39. The summed E-state index contributed by atoms with van der Waals surface area (Å²) in [5.41, 5.74) is 0. The minimum atomic E-state index is -1.42. The molecule has 6 heteroatoms. The van der Waals surface area contributed by atoms with Gasteiger partial charge in [-0.15, -0.1) is 0 Å². The van der Waals surface area contributed by atoms with Crippen LogP contribution in [0.25, 0.3) is 0 Å². The van der Waals surface area contributed by atoms with Crippen molar-refractivity contribution < 1.29 is 19.8 Å². The number of carboxylic acid groups (broad SMARTS) is 1. The number of hydrogen-bond donors (Lipinski definition) is 3. The molecule has 0 aromatic carbocycles. The molecule has 1 unspecified atom stereocenters. The van der Waals surface area contributed by atoms with Gasteiger partial charge in [0.15, 0.2) is 6.10 Å². The van der Waals surface area contributed by atoms with Crippen molar-refractivity contribution >= 4 is 12.0 Å². The summed E-state index contributed by atoms with van der Waals surface area (Å²) in [7, 11) is 1.68. The van der Waals surface area contributed by atoms with Crippen LogP contribution in [0.15, 0.2) is 0 Å². The van der Waals surface area contributed by atoms with E-state index in [4.69, 9.17) is 10.2 Å². The van der Waals surface area contributed by atoms with Crippen molar-refractivity contribution in [2.75, 3.05) is 20.1 Å². The van der Waals surface area contributed by atoms with E-state index in [0.29, 0.717) is 6.54 Å². The van der Waals surface area contributed by atoms with Gasteiger partial charge in [-0.3, -0.25) is 0 Å². The fourth-order valence-electron chi connectivity index (χ4n) is 1.07. The van der Waals surface area contributed by atoms with Crippen molar-refractivity contribution in [1.82, 2.24) is 10.2 Å². The van der Waals surface area contributed by atoms with Gasteiger partial charge < -0.3 is 20.4 Å². The van der Waals surface area contributed by atoms with Gasteiger partial charge in [0.1, 0.15) is 0 Å². The van der Waals surface area contributed by atoms with Crippen LogP contribution in [0.2, 0.25) is 0 Å². The van der Waals surface area contributed by atoms with Gasteiger partial charge in [-0.05, 0) is 6.42 Å². The summed E-state index contributed by atoms with van der Waals surface area (Å²) in [6, 6.07) is -0.244. The number of nitrogens with zero attached hydrogens (tertiary/aromatic N) is 1. The van der Waals surface area contributed by atoms with Gasteiger partial charge in [-0.25, -0.2) is 9.59 Å². The van der Waals surface area contributed by atoms with Crippen LogP contribution in [-0.4, -0.2) is 53.4 Å². The largest absolute Gasteiger partial charge is 0.479 e. The van der Waals surface area contributed by atoms with Gasteiger partial charge in [-0.1, -0.05) is 13.3 Å². The quantitative estimate of drug-likeness (QED) is 0.587. The second-order valence-corrected chi connectivity index (χ2v) is 3.65. The Kier molecular flexibility index (Phi) is 7.28. The third kappa shape index (κ3) is 6.23. The summed E-state index contributed by atoms with van der Waals surface area (Å²) in [4.78, 5) is 23.2. The molecule has 0 saturated carbocycles. The predicted molar refractivity (Wildman–Crippen MR) is 59.2 cm³/mol. The molecule has 0 heterocycles. The molecule has 94 valence electrons. The molecule has 3 N–H and O–H groups in total. The first kappa shape index (κ1) is 14.7. The average Bonchev–Trinajstić information content (AvgIpc) is 2.25. The first-order chi connectivity index (χ1) is 7.49. The molecular formula is C10H20N2O4. The van der Waals surface area contributed by atoms with E-state index in [1.54, 1.807) is 7.05 Å². The van der Waals surface area contributed by atoms with Gasteiger partial charge >= 0.3 is 12.0 Å². The number of amides is 2. The lowest BCUT2D eigenvalue weighted by Gasteiger charge is -2.17. The number of urea groups is 1. The van der Waals surface area contributed by atoms with E-state index in [9.17, 15) is 9.59 Å². The Hall–Kier alpha value is -1.30. The van der Waals surface area contributed by atoms with Gasteiger partial charge in [0, 0.05) is 26.6 Å². The molecule has 16 heavy (non-hydrogen) atoms. The van der Waals surface area contributed by atoms with E-state index < -0.39 is 12.1 Å². The minimum Gasteiger partial charge on any atom is -0.479 e.